The number of nitrogens with one attached hydrogen (secondary N) is 2. The minimum Gasteiger partial charge on any atom is -0.491 e. The highest BCUT2D eigenvalue weighted by Crippen LogP contribution is 2.35. The molecule has 142 valence electrons. The lowest BCUT2D eigenvalue weighted by atomic mass is 10.2. The summed E-state index contributed by atoms with van der Waals surface area (Å²) in [5.74, 6) is -0.438. The molecule has 1 aliphatic heterocycles. The lowest BCUT2D eigenvalue weighted by molar-refractivity contribution is -0.139. The van der Waals surface area contributed by atoms with Crippen molar-refractivity contribution in [2.24, 2.45) is 0 Å². The molecule has 9 heteroatoms. The number of halogens is 4. The third kappa shape index (κ3) is 7.09. The summed E-state index contributed by atoms with van der Waals surface area (Å²) in [5, 5.41) is 5.88. The quantitative estimate of drug-likeness (QED) is 0.793. The van der Waals surface area contributed by atoms with Crippen molar-refractivity contribution >= 4 is 18.3 Å². The first-order valence-corrected chi connectivity index (χ1v) is 7.76. The predicted molar refractivity (Wildman–Crippen MR) is 89.0 cm³/mol. The van der Waals surface area contributed by atoms with E-state index < -0.39 is 17.8 Å². The van der Waals surface area contributed by atoms with E-state index in [1.54, 1.807) is 6.92 Å². The molecule has 0 spiro atoms. The molecule has 1 heterocycles. The van der Waals surface area contributed by atoms with Crippen LogP contribution in [0.25, 0.3) is 0 Å². The van der Waals surface area contributed by atoms with Gasteiger partial charge in [0, 0.05) is 19.0 Å². The predicted octanol–water partition coefficient (Wildman–Crippen LogP) is 2.39. The van der Waals surface area contributed by atoms with Crippen LogP contribution in [0.2, 0.25) is 0 Å². The highest BCUT2D eigenvalue weighted by molar-refractivity contribution is 5.85. The molecule has 1 aromatic rings. The monoisotopic (exact) mass is 382 g/mol. The van der Waals surface area contributed by atoms with Crippen molar-refractivity contribution in [3.63, 3.8) is 0 Å². The molecule has 25 heavy (non-hydrogen) atoms. The second kappa shape index (κ2) is 9.84. The third-order valence-electron chi connectivity index (χ3n) is 3.52. The second-order valence-corrected chi connectivity index (χ2v) is 5.70. The Morgan fingerprint density at radius 1 is 1.44 bits per heavy atom. The Balaban J connectivity index is 0.00000312. The van der Waals surface area contributed by atoms with Crippen LogP contribution in [-0.4, -0.2) is 44.4 Å². The smallest absolute Gasteiger partial charge is 0.419 e. The Morgan fingerprint density at radius 2 is 2.16 bits per heavy atom. The highest BCUT2D eigenvalue weighted by atomic mass is 35.5. The average molecular weight is 383 g/mol. The van der Waals surface area contributed by atoms with Crippen LogP contribution in [0.4, 0.5) is 13.2 Å². The number of para-hydroxylation sites is 1. The van der Waals surface area contributed by atoms with Gasteiger partial charge in [-0.1, -0.05) is 12.1 Å². The van der Waals surface area contributed by atoms with Crippen LogP contribution in [0.3, 0.4) is 0 Å². The minimum atomic E-state index is -4.48. The van der Waals surface area contributed by atoms with E-state index in [0.717, 1.165) is 6.07 Å². The van der Waals surface area contributed by atoms with Crippen LogP contribution < -0.4 is 15.4 Å². The molecule has 0 aliphatic carbocycles. The van der Waals surface area contributed by atoms with Gasteiger partial charge in [0.1, 0.15) is 12.4 Å². The SMILES string of the molecule is CC(COc1ccccc1C(F)(F)F)NC(=O)CC1COCCN1.Cl. The first-order chi connectivity index (χ1) is 11.4. The molecule has 1 fully saturated rings. The van der Waals surface area contributed by atoms with Crippen LogP contribution in [0.5, 0.6) is 5.75 Å². The van der Waals surface area contributed by atoms with E-state index in [1.807, 2.05) is 0 Å². The molecule has 2 unspecified atom stereocenters. The van der Waals surface area contributed by atoms with Gasteiger partial charge >= 0.3 is 6.18 Å². The van der Waals surface area contributed by atoms with E-state index in [-0.39, 0.29) is 43.1 Å². The molecule has 1 amide bonds. The molecular formula is C16H22ClF3N2O3. The Morgan fingerprint density at radius 3 is 2.80 bits per heavy atom. The Kier molecular flexibility index (Phi) is 8.47. The fourth-order valence-corrected chi connectivity index (χ4v) is 2.39. The first-order valence-electron chi connectivity index (χ1n) is 7.76. The largest absolute Gasteiger partial charge is 0.491 e. The van der Waals surface area contributed by atoms with E-state index in [2.05, 4.69) is 10.6 Å². The van der Waals surface area contributed by atoms with Crippen molar-refractivity contribution in [3.8, 4) is 5.75 Å². The van der Waals surface area contributed by atoms with E-state index in [9.17, 15) is 18.0 Å². The van der Waals surface area contributed by atoms with Gasteiger partial charge < -0.3 is 20.1 Å². The maximum absolute atomic E-state index is 12.9. The molecule has 0 saturated carbocycles. The average Bonchev–Trinajstić information content (AvgIpc) is 2.53. The number of carbonyl (C=O) groups is 1. The molecule has 1 aromatic carbocycles. The van der Waals surface area contributed by atoms with Crippen LogP contribution in [0.1, 0.15) is 18.9 Å². The summed E-state index contributed by atoms with van der Waals surface area (Å²) in [7, 11) is 0. The van der Waals surface area contributed by atoms with Crippen molar-refractivity contribution in [1.29, 1.82) is 0 Å². The first kappa shape index (κ1) is 21.5. The zero-order valence-electron chi connectivity index (χ0n) is 13.8. The van der Waals surface area contributed by atoms with Gasteiger partial charge in [-0.25, -0.2) is 0 Å². The summed E-state index contributed by atoms with van der Waals surface area (Å²) in [4.78, 5) is 11.9. The van der Waals surface area contributed by atoms with Crippen LogP contribution >= 0.6 is 12.4 Å². The number of rotatable bonds is 6. The maximum Gasteiger partial charge on any atom is 0.419 e. The number of alkyl halides is 3. The minimum absolute atomic E-state index is 0. The summed E-state index contributed by atoms with van der Waals surface area (Å²) in [6.07, 6.45) is -4.22. The van der Waals surface area contributed by atoms with E-state index in [1.165, 1.54) is 18.2 Å². The highest BCUT2D eigenvalue weighted by Gasteiger charge is 2.34. The number of ether oxygens (including phenoxy) is 2. The van der Waals surface area contributed by atoms with Gasteiger partial charge in [-0.15, -0.1) is 12.4 Å². The molecule has 1 aliphatic rings. The van der Waals surface area contributed by atoms with Crippen molar-refractivity contribution in [3.05, 3.63) is 29.8 Å². The van der Waals surface area contributed by atoms with Crippen molar-refractivity contribution in [1.82, 2.24) is 10.6 Å². The van der Waals surface area contributed by atoms with Gasteiger partial charge in [0.15, 0.2) is 0 Å². The summed E-state index contributed by atoms with van der Waals surface area (Å²) < 4.78 is 49.1. The van der Waals surface area contributed by atoms with E-state index in [4.69, 9.17) is 9.47 Å². The summed E-state index contributed by atoms with van der Waals surface area (Å²) in [6, 6.07) is 4.55. The van der Waals surface area contributed by atoms with E-state index in [0.29, 0.717) is 19.8 Å². The van der Waals surface area contributed by atoms with Gasteiger partial charge in [0.25, 0.3) is 0 Å². The molecule has 2 rings (SSSR count). The Bertz CT molecular complexity index is 552. The Labute approximate surface area is 150 Å². The van der Waals surface area contributed by atoms with Crippen LogP contribution in [0, 0.1) is 0 Å². The molecule has 0 bridgehead atoms. The van der Waals surface area contributed by atoms with Crippen LogP contribution in [0.15, 0.2) is 24.3 Å². The normalized spacial score (nSPS) is 18.8. The summed E-state index contributed by atoms with van der Waals surface area (Å²) in [6.45, 7) is 3.43. The van der Waals surface area contributed by atoms with Crippen molar-refractivity contribution in [2.45, 2.75) is 31.6 Å². The standard InChI is InChI=1S/C16H21F3N2O3.ClH/c1-11(21-15(22)8-12-10-23-7-6-20-12)9-24-14-5-3-2-4-13(14)16(17,18)19;/h2-5,11-12,20H,6-10H2,1H3,(H,21,22);1H. The van der Waals surface area contributed by atoms with Gasteiger partial charge in [-0.2, -0.15) is 13.2 Å². The van der Waals surface area contributed by atoms with Crippen molar-refractivity contribution in [2.75, 3.05) is 26.4 Å². The summed E-state index contributed by atoms with van der Waals surface area (Å²) in [5.41, 5.74) is -0.827. The third-order valence-corrected chi connectivity index (χ3v) is 3.52. The van der Waals surface area contributed by atoms with E-state index >= 15 is 0 Å². The number of amides is 1. The fraction of sp³-hybridized carbons (Fsp3) is 0.562. The van der Waals surface area contributed by atoms with Gasteiger partial charge in [-0.3, -0.25) is 4.79 Å². The molecule has 0 radical (unpaired) electrons. The lowest BCUT2D eigenvalue weighted by Gasteiger charge is -2.24. The molecular weight excluding hydrogens is 361 g/mol. The number of carbonyl (C=O) groups excluding carboxylic acids is 1. The van der Waals surface area contributed by atoms with Crippen molar-refractivity contribution < 1.29 is 27.4 Å². The molecule has 0 aromatic heterocycles. The number of benzene rings is 1. The fourth-order valence-electron chi connectivity index (χ4n) is 2.39. The Hall–Kier alpha value is -1.51. The van der Waals surface area contributed by atoms with Crippen LogP contribution in [-0.2, 0) is 15.7 Å². The zero-order chi connectivity index (χ0) is 17.6. The molecule has 2 atom stereocenters. The zero-order valence-corrected chi connectivity index (χ0v) is 14.6. The molecule has 1 saturated heterocycles. The van der Waals surface area contributed by atoms with Gasteiger partial charge in [0.05, 0.1) is 24.8 Å². The maximum atomic E-state index is 12.9. The number of hydrogen-bond donors (Lipinski definition) is 2. The summed E-state index contributed by atoms with van der Waals surface area (Å²) >= 11 is 0. The lowest BCUT2D eigenvalue weighted by Crippen LogP contribution is -2.46. The number of hydrogen-bond acceptors (Lipinski definition) is 4. The molecule has 2 N–H and O–H groups in total. The number of morpholine rings is 1. The topological polar surface area (TPSA) is 59.6 Å². The second-order valence-electron chi connectivity index (χ2n) is 5.70. The molecule has 5 nitrogen and oxygen atoms in total. The van der Waals surface area contributed by atoms with Gasteiger partial charge in [-0.05, 0) is 19.1 Å². The van der Waals surface area contributed by atoms with Gasteiger partial charge in [0.2, 0.25) is 5.91 Å².